The minimum absolute atomic E-state index is 0.204. The summed E-state index contributed by atoms with van der Waals surface area (Å²) in [6.45, 7) is 3.64. The standard InChI is InChI=1S/C18H16ClN5O2S/c1-10-14(6-7-26-10)16-22-23-18(24(16)3)27-11(2)17(25)21-13-5-4-12(9-20)15(19)8-13/h4-8,11H,1-3H3,(H,21,25)/t11-/m1/s1. The summed E-state index contributed by atoms with van der Waals surface area (Å²) >= 11 is 7.29. The predicted octanol–water partition coefficient (Wildman–Crippen LogP) is 4.03. The number of amides is 1. The summed E-state index contributed by atoms with van der Waals surface area (Å²) in [6, 6.07) is 8.57. The largest absolute Gasteiger partial charge is 0.469 e. The molecule has 0 spiro atoms. The molecule has 0 aliphatic carbocycles. The molecule has 1 N–H and O–H groups in total. The third-order valence-electron chi connectivity index (χ3n) is 3.94. The highest BCUT2D eigenvalue weighted by Crippen LogP contribution is 2.28. The number of benzene rings is 1. The first-order valence-electron chi connectivity index (χ1n) is 8.01. The lowest BCUT2D eigenvalue weighted by molar-refractivity contribution is -0.115. The second-order valence-corrected chi connectivity index (χ2v) is 7.53. The Balaban J connectivity index is 1.70. The van der Waals surface area contributed by atoms with Crippen LogP contribution in [0.5, 0.6) is 0 Å². The van der Waals surface area contributed by atoms with Crippen LogP contribution >= 0.6 is 23.4 Å². The molecule has 0 saturated heterocycles. The lowest BCUT2D eigenvalue weighted by Crippen LogP contribution is -2.22. The smallest absolute Gasteiger partial charge is 0.237 e. The van der Waals surface area contributed by atoms with Crippen molar-refractivity contribution in [2.75, 3.05) is 5.32 Å². The number of aryl methyl sites for hydroxylation is 1. The minimum atomic E-state index is -0.416. The molecular formula is C18H16ClN5O2S. The van der Waals surface area contributed by atoms with E-state index in [2.05, 4.69) is 15.5 Å². The van der Waals surface area contributed by atoms with Crippen molar-refractivity contribution >= 4 is 35.0 Å². The Morgan fingerprint density at radius 1 is 1.41 bits per heavy atom. The predicted molar refractivity (Wildman–Crippen MR) is 104 cm³/mol. The van der Waals surface area contributed by atoms with Crippen molar-refractivity contribution in [1.29, 1.82) is 5.26 Å². The summed E-state index contributed by atoms with van der Waals surface area (Å²) in [5.41, 5.74) is 1.75. The number of aromatic nitrogens is 3. The van der Waals surface area contributed by atoms with Crippen LogP contribution in [0, 0.1) is 18.3 Å². The van der Waals surface area contributed by atoms with Crippen molar-refractivity contribution in [3.05, 3.63) is 46.9 Å². The molecule has 1 atom stereocenters. The van der Waals surface area contributed by atoms with Gasteiger partial charge in [-0.05, 0) is 38.1 Å². The molecule has 9 heteroatoms. The van der Waals surface area contributed by atoms with Crippen LogP contribution in [0.25, 0.3) is 11.4 Å². The highest BCUT2D eigenvalue weighted by Gasteiger charge is 2.21. The van der Waals surface area contributed by atoms with Crippen LogP contribution in [0.15, 0.2) is 40.1 Å². The molecule has 0 unspecified atom stereocenters. The molecule has 0 aliphatic heterocycles. The Kier molecular flexibility index (Phi) is 5.54. The first-order valence-corrected chi connectivity index (χ1v) is 9.27. The molecular weight excluding hydrogens is 386 g/mol. The van der Waals surface area contributed by atoms with Gasteiger partial charge < -0.3 is 14.3 Å². The van der Waals surface area contributed by atoms with Crippen molar-refractivity contribution < 1.29 is 9.21 Å². The highest BCUT2D eigenvalue weighted by molar-refractivity contribution is 8.00. The highest BCUT2D eigenvalue weighted by atomic mass is 35.5. The molecule has 0 bridgehead atoms. The molecule has 0 fully saturated rings. The summed E-state index contributed by atoms with van der Waals surface area (Å²) in [4.78, 5) is 12.5. The Hall–Kier alpha value is -2.76. The number of hydrogen-bond donors (Lipinski definition) is 1. The zero-order chi connectivity index (χ0) is 19.6. The number of hydrogen-bond acceptors (Lipinski definition) is 6. The molecule has 0 saturated carbocycles. The SMILES string of the molecule is Cc1occc1-c1nnc(S[C@H](C)C(=O)Nc2ccc(C#N)c(Cl)c2)n1C. The third-order valence-corrected chi connectivity index (χ3v) is 5.39. The Morgan fingerprint density at radius 2 is 2.19 bits per heavy atom. The monoisotopic (exact) mass is 401 g/mol. The van der Waals surface area contributed by atoms with Gasteiger partial charge in [-0.1, -0.05) is 23.4 Å². The fraction of sp³-hybridized carbons (Fsp3) is 0.222. The minimum Gasteiger partial charge on any atom is -0.469 e. The Labute approximate surface area is 165 Å². The first kappa shape index (κ1) is 19.0. The summed E-state index contributed by atoms with van der Waals surface area (Å²) in [7, 11) is 1.84. The van der Waals surface area contributed by atoms with Gasteiger partial charge >= 0.3 is 0 Å². The van der Waals surface area contributed by atoms with Gasteiger partial charge in [-0.15, -0.1) is 10.2 Å². The maximum absolute atomic E-state index is 12.5. The van der Waals surface area contributed by atoms with Crippen LogP contribution in [0.3, 0.4) is 0 Å². The number of rotatable bonds is 5. The summed E-state index contributed by atoms with van der Waals surface area (Å²) in [5.74, 6) is 1.23. The number of carbonyl (C=O) groups is 1. The first-order chi connectivity index (χ1) is 12.9. The number of furan rings is 1. The van der Waals surface area contributed by atoms with Gasteiger partial charge in [-0.3, -0.25) is 4.79 Å². The molecule has 3 aromatic rings. The number of thioether (sulfide) groups is 1. The average Bonchev–Trinajstić information content (AvgIpc) is 3.21. The third kappa shape index (κ3) is 3.99. The van der Waals surface area contributed by atoms with E-state index in [1.807, 2.05) is 30.7 Å². The number of nitriles is 1. The van der Waals surface area contributed by atoms with E-state index in [1.54, 1.807) is 31.4 Å². The van der Waals surface area contributed by atoms with Crippen LogP contribution in [0.2, 0.25) is 5.02 Å². The van der Waals surface area contributed by atoms with E-state index in [4.69, 9.17) is 21.3 Å². The number of nitrogens with one attached hydrogen (secondary N) is 1. The van der Waals surface area contributed by atoms with E-state index in [0.717, 1.165) is 11.3 Å². The molecule has 138 valence electrons. The van der Waals surface area contributed by atoms with Gasteiger partial charge in [0.1, 0.15) is 11.8 Å². The van der Waals surface area contributed by atoms with E-state index in [9.17, 15) is 4.79 Å². The molecule has 1 aromatic carbocycles. The number of carbonyl (C=O) groups excluding carboxylic acids is 1. The van der Waals surface area contributed by atoms with Crippen LogP contribution < -0.4 is 5.32 Å². The van der Waals surface area contributed by atoms with Gasteiger partial charge in [0.15, 0.2) is 11.0 Å². The average molecular weight is 402 g/mol. The van der Waals surface area contributed by atoms with E-state index in [0.29, 0.717) is 27.3 Å². The van der Waals surface area contributed by atoms with E-state index in [-0.39, 0.29) is 5.91 Å². The van der Waals surface area contributed by atoms with Gasteiger partial charge in [0.25, 0.3) is 0 Å². The summed E-state index contributed by atoms with van der Waals surface area (Å²) in [5, 5.41) is 20.6. The molecule has 1 amide bonds. The maximum atomic E-state index is 12.5. The second kappa shape index (κ2) is 7.86. The van der Waals surface area contributed by atoms with Crippen molar-refractivity contribution in [3.63, 3.8) is 0 Å². The summed E-state index contributed by atoms with van der Waals surface area (Å²) in [6.07, 6.45) is 1.60. The van der Waals surface area contributed by atoms with E-state index in [1.165, 1.54) is 11.8 Å². The molecule has 2 aromatic heterocycles. The van der Waals surface area contributed by atoms with Crippen LogP contribution in [-0.2, 0) is 11.8 Å². The number of halogens is 1. The van der Waals surface area contributed by atoms with Crippen molar-refractivity contribution in [3.8, 4) is 17.5 Å². The zero-order valence-electron chi connectivity index (χ0n) is 14.9. The Morgan fingerprint density at radius 3 is 2.81 bits per heavy atom. The lowest BCUT2D eigenvalue weighted by Gasteiger charge is -2.12. The molecule has 7 nitrogen and oxygen atoms in total. The maximum Gasteiger partial charge on any atom is 0.237 e. The van der Waals surface area contributed by atoms with Crippen molar-refractivity contribution in [2.45, 2.75) is 24.3 Å². The zero-order valence-corrected chi connectivity index (χ0v) is 16.4. The second-order valence-electron chi connectivity index (χ2n) is 5.81. The van der Waals surface area contributed by atoms with Gasteiger partial charge in [-0.2, -0.15) is 5.26 Å². The molecule has 2 heterocycles. The van der Waals surface area contributed by atoms with Crippen molar-refractivity contribution in [2.24, 2.45) is 7.05 Å². The molecule has 0 aliphatic rings. The summed E-state index contributed by atoms with van der Waals surface area (Å²) < 4.78 is 7.14. The Bertz CT molecular complexity index is 1040. The van der Waals surface area contributed by atoms with Crippen molar-refractivity contribution in [1.82, 2.24) is 14.8 Å². The normalized spacial score (nSPS) is 11.8. The molecule has 3 rings (SSSR count). The fourth-order valence-corrected chi connectivity index (χ4v) is 3.45. The topological polar surface area (TPSA) is 96.7 Å². The van der Waals surface area contributed by atoms with Gasteiger partial charge in [0.2, 0.25) is 5.91 Å². The number of anilines is 1. The van der Waals surface area contributed by atoms with E-state index >= 15 is 0 Å². The fourth-order valence-electron chi connectivity index (χ4n) is 2.41. The van der Waals surface area contributed by atoms with Gasteiger partial charge in [0.05, 0.1) is 27.7 Å². The van der Waals surface area contributed by atoms with Crippen LogP contribution in [-0.4, -0.2) is 25.9 Å². The number of nitrogens with zero attached hydrogens (tertiary/aromatic N) is 4. The van der Waals surface area contributed by atoms with Gasteiger partial charge in [0, 0.05) is 12.7 Å². The van der Waals surface area contributed by atoms with Gasteiger partial charge in [-0.25, -0.2) is 0 Å². The molecule has 27 heavy (non-hydrogen) atoms. The lowest BCUT2D eigenvalue weighted by atomic mass is 10.2. The molecule has 0 radical (unpaired) electrons. The quantitative estimate of drug-likeness (QED) is 0.648. The van der Waals surface area contributed by atoms with Crippen LogP contribution in [0.4, 0.5) is 5.69 Å². The van der Waals surface area contributed by atoms with E-state index < -0.39 is 5.25 Å². The van der Waals surface area contributed by atoms with Crippen LogP contribution in [0.1, 0.15) is 18.2 Å².